The molecule has 4 aromatic rings. The van der Waals surface area contributed by atoms with E-state index in [1.165, 1.54) is 0 Å². The van der Waals surface area contributed by atoms with Crippen molar-refractivity contribution in [1.82, 2.24) is 15.1 Å². The van der Waals surface area contributed by atoms with Crippen molar-refractivity contribution in [3.63, 3.8) is 0 Å². The molecule has 2 heterocycles. The lowest BCUT2D eigenvalue weighted by Gasteiger charge is -2.08. The Hall–Kier alpha value is -3.18. The van der Waals surface area contributed by atoms with Gasteiger partial charge >= 0.3 is 0 Å². The number of rotatable bonds is 4. The minimum atomic E-state index is 0.400. The van der Waals surface area contributed by atoms with Crippen molar-refractivity contribution in [2.24, 2.45) is 0 Å². The van der Waals surface area contributed by atoms with E-state index in [-0.39, 0.29) is 0 Å². The van der Waals surface area contributed by atoms with E-state index in [1.807, 2.05) is 66.7 Å². The predicted molar refractivity (Wildman–Crippen MR) is 97.7 cm³/mol. The summed E-state index contributed by atoms with van der Waals surface area (Å²) in [5.41, 5.74) is 2.44. The van der Waals surface area contributed by atoms with Crippen molar-refractivity contribution in [3.8, 4) is 22.8 Å². The third-order valence-electron chi connectivity index (χ3n) is 3.58. The summed E-state index contributed by atoms with van der Waals surface area (Å²) in [4.78, 5) is 8.87. The first-order valence-corrected chi connectivity index (χ1v) is 8.04. The van der Waals surface area contributed by atoms with Gasteiger partial charge in [-0.25, -0.2) is 4.98 Å². The lowest BCUT2D eigenvalue weighted by Crippen LogP contribution is -1.96. The van der Waals surface area contributed by atoms with Gasteiger partial charge in [-0.15, -0.1) is 0 Å². The monoisotopic (exact) mass is 348 g/mol. The van der Waals surface area contributed by atoms with E-state index >= 15 is 0 Å². The minimum Gasteiger partial charge on any atom is -0.340 e. The van der Waals surface area contributed by atoms with E-state index in [9.17, 15) is 0 Å². The third kappa shape index (κ3) is 3.36. The highest BCUT2D eigenvalue weighted by molar-refractivity contribution is 6.30. The summed E-state index contributed by atoms with van der Waals surface area (Å²) in [6, 6.07) is 20.8. The van der Waals surface area contributed by atoms with Crippen LogP contribution >= 0.6 is 11.6 Å². The van der Waals surface area contributed by atoms with Crippen molar-refractivity contribution >= 4 is 23.1 Å². The molecular formula is C19H13ClN4O. The van der Waals surface area contributed by atoms with Crippen molar-refractivity contribution in [2.45, 2.75) is 0 Å². The first-order valence-electron chi connectivity index (χ1n) is 7.67. The molecule has 0 unspecified atom stereocenters. The summed E-state index contributed by atoms with van der Waals surface area (Å²) in [5.74, 6) is 1.55. The molecule has 0 fully saturated rings. The Morgan fingerprint density at radius 1 is 0.920 bits per heavy atom. The molecule has 0 radical (unpaired) electrons. The number of hydrogen-bond acceptors (Lipinski definition) is 5. The molecule has 2 aromatic heterocycles. The molecule has 1 N–H and O–H groups in total. The quantitative estimate of drug-likeness (QED) is 0.549. The Morgan fingerprint density at radius 3 is 2.64 bits per heavy atom. The van der Waals surface area contributed by atoms with E-state index in [4.69, 9.17) is 16.1 Å². The lowest BCUT2D eigenvalue weighted by atomic mass is 10.2. The van der Waals surface area contributed by atoms with Gasteiger partial charge in [0.05, 0.1) is 5.56 Å². The van der Waals surface area contributed by atoms with Crippen LogP contribution in [-0.2, 0) is 0 Å². The van der Waals surface area contributed by atoms with Crippen LogP contribution < -0.4 is 5.32 Å². The zero-order chi connectivity index (χ0) is 17.1. The molecule has 0 bridgehead atoms. The molecule has 6 heteroatoms. The molecule has 0 spiro atoms. The number of halogens is 1. The minimum absolute atomic E-state index is 0.400. The molecule has 0 saturated carbocycles. The van der Waals surface area contributed by atoms with Crippen LogP contribution in [0.15, 0.2) is 77.4 Å². The van der Waals surface area contributed by atoms with E-state index in [0.717, 1.165) is 16.8 Å². The number of nitrogens with zero attached hydrogens (tertiary/aromatic N) is 3. The van der Waals surface area contributed by atoms with E-state index in [2.05, 4.69) is 20.4 Å². The number of anilines is 2. The predicted octanol–water partition coefficient (Wildman–Crippen LogP) is 5.20. The first-order chi connectivity index (χ1) is 12.3. The van der Waals surface area contributed by atoms with Crippen LogP contribution in [0.25, 0.3) is 22.8 Å². The fourth-order valence-corrected chi connectivity index (χ4v) is 2.61. The van der Waals surface area contributed by atoms with Crippen molar-refractivity contribution in [2.75, 3.05) is 5.32 Å². The zero-order valence-corrected chi connectivity index (χ0v) is 13.8. The number of hydrogen-bond donors (Lipinski definition) is 1. The molecular weight excluding hydrogens is 336 g/mol. The van der Waals surface area contributed by atoms with Crippen LogP contribution in [0.1, 0.15) is 0 Å². The average molecular weight is 349 g/mol. The fourth-order valence-electron chi connectivity index (χ4n) is 2.42. The maximum Gasteiger partial charge on any atom is 0.262 e. The zero-order valence-electron chi connectivity index (χ0n) is 13.1. The van der Waals surface area contributed by atoms with Crippen LogP contribution in [0.2, 0.25) is 5.02 Å². The second-order valence-corrected chi connectivity index (χ2v) is 5.76. The fraction of sp³-hybridized carbons (Fsp3) is 0. The van der Waals surface area contributed by atoms with Gasteiger partial charge in [0.25, 0.3) is 5.89 Å². The van der Waals surface area contributed by atoms with Gasteiger partial charge in [-0.05, 0) is 30.3 Å². The summed E-state index contributed by atoms with van der Waals surface area (Å²) in [6.07, 6.45) is 1.70. The van der Waals surface area contributed by atoms with E-state index in [1.54, 1.807) is 6.20 Å². The topological polar surface area (TPSA) is 63.8 Å². The Morgan fingerprint density at radius 2 is 1.80 bits per heavy atom. The maximum absolute atomic E-state index is 6.04. The summed E-state index contributed by atoms with van der Waals surface area (Å²) < 4.78 is 5.44. The summed E-state index contributed by atoms with van der Waals surface area (Å²) in [6.45, 7) is 0. The van der Waals surface area contributed by atoms with Gasteiger partial charge < -0.3 is 9.84 Å². The average Bonchev–Trinajstić information content (AvgIpc) is 3.13. The van der Waals surface area contributed by atoms with Gasteiger partial charge in [-0.2, -0.15) is 4.98 Å². The Bertz CT molecular complexity index is 1000. The molecule has 0 aliphatic carbocycles. The van der Waals surface area contributed by atoms with Gasteiger partial charge in [-0.1, -0.05) is 53.2 Å². The Balaban J connectivity index is 1.69. The number of benzene rings is 2. The van der Waals surface area contributed by atoms with Crippen LogP contribution in [0, 0.1) is 0 Å². The highest BCUT2D eigenvalue weighted by atomic mass is 35.5. The molecule has 0 aliphatic rings. The Kier molecular flexibility index (Phi) is 4.14. The maximum atomic E-state index is 6.04. The van der Waals surface area contributed by atoms with Crippen LogP contribution in [0.5, 0.6) is 0 Å². The van der Waals surface area contributed by atoms with Crippen molar-refractivity contribution in [3.05, 3.63) is 77.9 Å². The van der Waals surface area contributed by atoms with Gasteiger partial charge in [0.2, 0.25) is 5.82 Å². The standard InChI is InChI=1S/C19H13ClN4O/c20-14-8-4-9-15(12-14)22-18-16(10-5-11-21-18)19-23-17(24-25-19)13-6-2-1-3-7-13/h1-12H,(H,21,22). The second kappa shape index (κ2) is 6.75. The highest BCUT2D eigenvalue weighted by Gasteiger charge is 2.15. The van der Waals surface area contributed by atoms with Crippen LogP contribution in [0.3, 0.4) is 0 Å². The lowest BCUT2D eigenvalue weighted by molar-refractivity contribution is 0.432. The Labute approximate surface area is 149 Å². The molecule has 2 aromatic carbocycles. The second-order valence-electron chi connectivity index (χ2n) is 5.32. The van der Waals surface area contributed by atoms with Gasteiger partial charge in [-0.3, -0.25) is 0 Å². The molecule has 25 heavy (non-hydrogen) atoms. The van der Waals surface area contributed by atoms with E-state index < -0.39 is 0 Å². The van der Waals surface area contributed by atoms with Gasteiger partial charge in [0.1, 0.15) is 5.82 Å². The largest absolute Gasteiger partial charge is 0.340 e. The normalized spacial score (nSPS) is 10.6. The number of nitrogens with one attached hydrogen (secondary N) is 1. The molecule has 0 saturated heterocycles. The molecule has 5 nitrogen and oxygen atoms in total. The summed E-state index contributed by atoms with van der Waals surface area (Å²) in [5, 5.41) is 7.94. The highest BCUT2D eigenvalue weighted by Crippen LogP contribution is 2.29. The molecule has 4 rings (SSSR count). The number of pyridine rings is 1. The van der Waals surface area contributed by atoms with Crippen LogP contribution in [-0.4, -0.2) is 15.1 Å². The number of aromatic nitrogens is 3. The third-order valence-corrected chi connectivity index (χ3v) is 3.82. The van der Waals surface area contributed by atoms with Crippen LogP contribution in [0.4, 0.5) is 11.5 Å². The summed E-state index contributed by atoms with van der Waals surface area (Å²) in [7, 11) is 0. The molecule has 0 atom stereocenters. The summed E-state index contributed by atoms with van der Waals surface area (Å²) >= 11 is 6.04. The first kappa shape index (κ1) is 15.4. The smallest absolute Gasteiger partial charge is 0.262 e. The molecule has 0 aliphatic heterocycles. The van der Waals surface area contributed by atoms with E-state index in [0.29, 0.717) is 22.6 Å². The van der Waals surface area contributed by atoms with Crippen molar-refractivity contribution in [1.29, 1.82) is 0 Å². The molecule has 0 amide bonds. The molecule has 122 valence electrons. The van der Waals surface area contributed by atoms with Gasteiger partial charge in [0.15, 0.2) is 0 Å². The van der Waals surface area contributed by atoms with Gasteiger partial charge in [0, 0.05) is 22.5 Å². The van der Waals surface area contributed by atoms with Crippen molar-refractivity contribution < 1.29 is 4.52 Å². The SMILES string of the molecule is Clc1cccc(Nc2ncccc2-c2nc(-c3ccccc3)no2)c1.